The number of carbonyl (C=O) groups excluding carboxylic acids is 3. The van der Waals surface area contributed by atoms with Crippen LogP contribution in [0.15, 0.2) is 18.3 Å². The van der Waals surface area contributed by atoms with Gasteiger partial charge in [-0.15, -0.1) is 5.10 Å². The minimum atomic E-state index is -2.89. The average molecular weight is 543 g/mol. The molecule has 3 heterocycles. The first-order valence-corrected chi connectivity index (χ1v) is 14.0. The Hall–Kier alpha value is -2.72. The lowest BCUT2D eigenvalue weighted by Gasteiger charge is -2.25. The van der Waals surface area contributed by atoms with E-state index in [1.807, 2.05) is 6.20 Å². The van der Waals surface area contributed by atoms with Gasteiger partial charge in [0.05, 0.1) is 63.4 Å². The summed E-state index contributed by atoms with van der Waals surface area (Å²) < 4.78 is 41.1. The smallest absolute Gasteiger partial charge is 0.253 e. The summed E-state index contributed by atoms with van der Waals surface area (Å²) in [4.78, 5) is 37.7. The third kappa shape index (κ3) is 10.7. The Morgan fingerprint density at radius 1 is 0.919 bits per heavy atom. The molecule has 2 aliphatic heterocycles. The number of sulfone groups is 1. The third-order valence-corrected chi connectivity index (χ3v) is 7.26. The summed E-state index contributed by atoms with van der Waals surface area (Å²) in [6.45, 7) is 4.96. The van der Waals surface area contributed by atoms with Gasteiger partial charge in [0.15, 0.2) is 9.84 Å². The van der Waals surface area contributed by atoms with E-state index >= 15 is 0 Å². The molecule has 2 aliphatic rings. The molecule has 1 aromatic heterocycles. The molecule has 0 aromatic carbocycles. The summed E-state index contributed by atoms with van der Waals surface area (Å²) in [7, 11) is -2.89. The zero-order valence-electron chi connectivity index (χ0n) is 20.7. The van der Waals surface area contributed by atoms with Crippen LogP contribution >= 0.6 is 0 Å². The molecule has 3 amide bonds. The second kappa shape index (κ2) is 14.9. The molecule has 1 aromatic rings. The molecule has 14 nitrogen and oxygen atoms in total. The lowest BCUT2D eigenvalue weighted by Crippen LogP contribution is -2.39. The van der Waals surface area contributed by atoms with Gasteiger partial charge in [-0.25, -0.2) is 13.1 Å². The maximum absolute atomic E-state index is 11.8. The van der Waals surface area contributed by atoms with Gasteiger partial charge in [-0.3, -0.25) is 24.2 Å². The van der Waals surface area contributed by atoms with Crippen molar-refractivity contribution in [2.75, 3.05) is 77.3 Å². The molecule has 0 bridgehead atoms. The van der Waals surface area contributed by atoms with E-state index in [0.717, 1.165) is 10.6 Å². The molecule has 3 rings (SSSR count). The van der Waals surface area contributed by atoms with Crippen LogP contribution in [0.25, 0.3) is 0 Å². The van der Waals surface area contributed by atoms with Gasteiger partial charge < -0.3 is 19.5 Å². The molecule has 1 N–H and O–H groups in total. The Labute approximate surface area is 215 Å². The summed E-state index contributed by atoms with van der Waals surface area (Å²) in [6, 6.07) is 0. The largest absolute Gasteiger partial charge is 0.377 e. The van der Waals surface area contributed by atoms with Crippen molar-refractivity contribution in [1.82, 2.24) is 30.1 Å². The lowest BCUT2D eigenvalue weighted by atomic mass is 10.3. The van der Waals surface area contributed by atoms with Crippen molar-refractivity contribution in [2.45, 2.75) is 19.5 Å². The number of carbonyl (C=O) groups is 3. The van der Waals surface area contributed by atoms with E-state index in [1.54, 1.807) is 4.68 Å². The monoisotopic (exact) mass is 542 g/mol. The summed E-state index contributed by atoms with van der Waals surface area (Å²) in [5.74, 6) is -0.680. The van der Waals surface area contributed by atoms with E-state index in [4.69, 9.17) is 14.2 Å². The normalized spacial score (nSPS) is 17.6. The first kappa shape index (κ1) is 28.8. The van der Waals surface area contributed by atoms with Crippen LogP contribution in [-0.2, 0) is 51.5 Å². The Morgan fingerprint density at radius 2 is 1.54 bits per heavy atom. The van der Waals surface area contributed by atoms with E-state index in [-0.39, 0.29) is 30.4 Å². The van der Waals surface area contributed by atoms with Gasteiger partial charge in [-0.05, 0) is 0 Å². The Bertz CT molecular complexity index is 1010. The fourth-order valence-electron chi connectivity index (χ4n) is 3.57. The minimum Gasteiger partial charge on any atom is -0.377 e. The highest BCUT2D eigenvalue weighted by Crippen LogP contribution is 2.08. The van der Waals surface area contributed by atoms with E-state index in [1.165, 1.54) is 12.2 Å². The van der Waals surface area contributed by atoms with E-state index in [9.17, 15) is 22.8 Å². The van der Waals surface area contributed by atoms with Crippen molar-refractivity contribution in [3.8, 4) is 0 Å². The number of amides is 3. The average Bonchev–Trinajstić information content (AvgIpc) is 3.45. The highest BCUT2D eigenvalue weighted by molar-refractivity contribution is 7.91. The molecule has 0 spiro atoms. The molecule has 0 atom stereocenters. The molecule has 0 radical (unpaired) electrons. The second-order valence-electron chi connectivity index (χ2n) is 8.50. The van der Waals surface area contributed by atoms with Crippen molar-refractivity contribution in [3.05, 3.63) is 24.0 Å². The highest BCUT2D eigenvalue weighted by Gasteiger charge is 2.23. The Balaban J connectivity index is 1.09. The standard InChI is InChI=1S/C22H34N6O8S/c29-20(3-5-28-21(30)1-2-22(28)31)23-4-9-34-11-13-36-14-12-35-10-6-27-18-19(24-25-27)17-26-7-15-37(32,33)16-8-26/h1-2,18H,3-17H2,(H,23,29). The molecule has 15 heteroatoms. The van der Waals surface area contributed by atoms with E-state index < -0.39 is 21.7 Å². The highest BCUT2D eigenvalue weighted by atomic mass is 32.2. The zero-order chi connectivity index (χ0) is 26.5. The summed E-state index contributed by atoms with van der Waals surface area (Å²) in [5.41, 5.74) is 0.801. The predicted molar refractivity (Wildman–Crippen MR) is 130 cm³/mol. The van der Waals surface area contributed by atoms with Gasteiger partial charge in [0.1, 0.15) is 0 Å². The molecule has 1 saturated heterocycles. The topological polar surface area (TPSA) is 162 Å². The Kier molecular flexibility index (Phi) is 11.6. The fraction of sp³-hybridized carbons (Fsp3) is 0.682. The van der Waals surface area contributed by atoms with Crippen LogP contribution in [0.5, 0.6) is 0 Å². The molecule has 0 saturated carbocycles. The van der Waals surface area contributed by atoms with Gasteiger partial charge in [0.25, 0.3) is 11.8 Å². The van der Waals surface area contributed by atoms with Crippen LogP contribution in [0.4, 0.5) is 0 Å². The van der Waals surface area contributed by atoms with Gasteiger partial charge in [0, 0.05) is 57.5 Å². The summed E-state index contributed by atoms with van der Waals surface area (Å²) in [5, 5.41) is 10.9. The van der Waals surface area contributed by atoms with Crippen LogP contribution in [0.1, 0.15) is 12.1 Å². The molecule has 206 valence electrons. The molecule has 1 fully saturated rings. The van der Waals surface area contributed by atoms with Crippen LogP contribution in [0.3, 0.4) is 0 Å². The minimum absolute atomic E-state index is 0.0488. The van der Waals surface area contributed by atoms with Gasteiger partial charge in [-0.1, -0.05) is 5.21 Å². The van der Waals surface area contributed by atoms with Crippen molar-refractivity contribution in [1.29, 1.82) is 0 Å². The number of aromatic nitrogens is 3. The van der Waals surface area contributed by atoms with Gasteiger partial charge in [0.2, 0.25) is 5.91 Å². The van der Waals surface area contributed by atoms with Crippen molar-refractivity contribution < 1.29 is 37.0 Å². The first-order valence-electron chi connectivity index (χ1n) is 12.2. The summed E-state index contributed by atoms with van der Waals surface area (Å²) in [6.07, 6.45) is 4.27. The van der Waals surface area contributed by atoms with Crippen molar-refractivity contribution in [2.24, 2.45) is 0 Å². The molecule has 0 unspecified atom stereocenters. The number of imide groups is 1. The van der Waals surface area contributed by atoms with Crippen LogP contribution in [0.2, 0.25) is 0 Å². The number of rotatable bonds is 17. The van der Waals surface area contributed by atoms with Crippen molar-refractivity contribution >= 4 is 27.6 Å². The van der Waals surface area contributed by atoms with Crippen LogP contribution in [0, 0.1) is 0 Å². The SMILES string of the molecule is O=C(CCN1C(=O)C=CC1=O)NCCOCCOCCOCCn1cc(CN2CCS(=O)(=O)CC2)nn1. The fourth-order valence-corrected chi connectivity index (χ4v) is 4.85. The zero-order valence-corrected chi connectivity index (χ0v) is 21.6. The maximum atomic E-state index is 11.8. The summed E-state index contributed by atoms with van der Waals surface area (Å²) >= 11 is 0. The second-order valence-corrected chi connectivity index (χ2v) is 10.8. The van der Waals surface area contributed by atoms with E-state index in [2.05, 4.69) is 20.5 Å². The third-order valence-electron chi connectivity index (χ3n) is 5.65. The molecular formula is C22H34N6O8S. The van der Waals surface area contributed by atoms with Crippen molar-refractivity contribution in [3.63, 3.8) is 0 Å². The number of hydrogen-bond acceptors (Lipinski definition) is 11. The number of ether oxygens (including phenoxy) is 3. The van der Waals surface area contributed by atoms with Crippen LogP contribution < -0.4 is 5.32 Å². The molecular weight excluding hydrogens is 508 g/mol. The maximum Gasteiger partial charge on any atom is 0.253 e. The number of nitrogens with one attached hydrogen (secondary N) is 1. The quantitative estimate of drug-likeness (QED) is 0.171. The number of hydrogen-bond donors (Lipinski definition) is 1. The van der Waals surface area contributed by atoms with Gasteiger partial charge >= 0.3 is 0 Å². The van der Waals surface area contributed by atoms with Gasteiger partial charge in [-0.2, -0.15) is 0 Å². The molecule has 0 aliphatic carbocycles. The molecule has 37 heavy (non-hydrogen) atoms. The van der Waals surface area contributed by atoms with E-state index in [0.29, 0.717) is 72.4 Å². The predicted octanol–water partition coefficient (Wildman–Crippen LogP) is -2.01. The Morgan fingerprint density at radius 3 is 2.22 bits per heavy atom. The first-order chi connectivity index (χ1) is 17.8. The number of nitrogens with zero attached hydrogens (tertiary/aromatic N) is 5. The lowest BCUT2D eigenvalue weighted by molar-refractivity contribution is -0.137. The van der Waals surface area contributed by atoms with Crippen LogP contribution in [-0.4, -0.2) is 128 Å².